The summed E-state index contributed by atoms with van der Waals surface area (Å²) in [6, 6.07) is 15.4. The summed E-state index contributed by atoms with van der Waals surface area (Å²) in [6.45, 7) is 2.02. The third-order valence-corrected chi connectivity index (χ3v) is 4.37. The minimum atomic E-state index is -0.158. The van der Waals surface area contributed by atoms with Crippen molar-refractivity contribution in [3.8, 4) is 0 Å². The maximum atomic E-state index is 12.5. The number of para-hydroxylation sites is 1. The highest BCUT2D eigenvalue weighted by Gasteiger charge is 2.14. The molecule has 1 heterocycles. The van der Waals surface area contributed by atoms with E-state index in [0.717, 1.165) is 21.4 Å². The van der Waals surface area contributed by atoms with Crippen LogP contribution in [0, 0.1) is 6.92 Å². The maximum Gasteiger partial charge on any atom is 0.261 e. The number of benzene rings is 2. The van der Waals surface area contributed by atoms with Crippen LogP contribution in [0.15, 0.2) is 65.4 Å². The highest BCUT2D eigenvalue weighted by Crippen LogP contribution is 2.25. The van der Waals surface area contributed by atoms with Crippen LogP contribution < -0.4 is 10.2 Å². The van der Waals surface area contributed by atoms with E-state index in [9.17, 15) is 4.79 Å². The van der Waals surface area contributed by atoms with Crippen LogP contribution in [0.4, 0.5) is 17.3 Å². The smallest absolute Gasteiger partial charge is 0.261 e. The van der Waals surface area contributed by atoms with Crippen LogP contribution in [0.1, 0.15) is 15.9 Å². The Morgan fingerprint density at radius 2 is 1.76 bits per heavy atom. The molecule has 0 radical (unpaired) electrons. The van der Waals surface area contributed by atoms with Gasteiger partial charge >= 0.3 is 0 Å². The van der Waals surface area contributed by atoms with E-state index in [2.05, 4.69) is 31.2 Å². The Bertz CT molecular complexity index is 882. The summed E-state index contributed by atoms with van der Waals surface area (Å²) in [5.74, 6) is 0.276. The molecule has 5 nitrogen and oxygen atoms in total. The topological polar surface area (TPSA) is 58.1 Å². The number of carbonyl (C=O) groups is 1. The Hall–Kier alpha value is -2.73. The summed E-state index contributed by atoms with van der Waals surface area (Å²) < 4.78 is 0.931. The molecule has 6 heteroatoms. The predicted molar refractivity (Wildman–Crippen MR) is 103 cm³/mol. The first-order valence-corrected chi connectivity index (χ1v) is 8.52. The predicted octanol–water partition coefficient (Wildman–Crippen LogP) is 4.57. The molecule has 0 bridgehead atoms. The van der Waals surface area contributed by atoms with Gasteiger partial charge in [0.2, 0.25) is 5.95 Å². The Labute approximate surface area is 154 Å². The van der Waals surface area contributed by atoms with Gasteiger partial charge in [0.25, 0.3) is 5.91 Å². The first-order chi connectivity index (χ1) is 12.0. The Morgan fingerprint density at radius 3 is 2.40 bits per heavy atom. The standard InChI is InChI=1S/C19H17BrN4O/c1-13-8-9-17(16(20)10-13)23-19-21-11-14(12-22-19)18(25)24(2)15-6-4-3-5-7-15/h3-12H,1-2H3,(H,21,22,23). The van der Waals surface area contributed by atoms with E-state index in [1.165, 1.54) is 12.4 Å². The first kappa shape index (κ1) is 17.1. The van der Waals surface area contributed by atoms with Gasteiger partial charge in [0.1, 0.15) is 0 Å². The van der Waals surface area contributed by atoms with Crippen LogP contribution in [0.2, 0.25) is 0 Å². The monoisotopic (exact) mass is 396 g/mol. The fraction of sp³-hybridized carbons (Fsp3) is 0.105. The van der Waals surface area contributed by atoms with Gasteiger partial charge in [-0.15, -0.1) is 0 Å². The molecule has 1 N–H and O–H groups in total. The van der Waals surface area contributed by atoms with E-state index < -0.39 is 0 Å². The summed E-state index contributed by atoms with van der Waals surface area (Å²) in [4.78, 5) is 22.6. The molecule has 0 fully saturated rings. The van der Waals surface area contributed by atoms with Crippen molar-refractivity contribution in [1.82, 2.24) is 9.97 Å². The number of amides is 1. The molecule has 1 amide bonds. The van der Waals surface area contributed by atoms with Gasteiger partial charge in [-0.1, -0.05) is 24.3 Å². The zero-order valence-electron chi connectivity index (χ0n) is 13.9. The second kappa shape index (κ2) is 7.44. The quantitative estimate of drug-likeness (QED) is 0.701. The Balaban J connectivity index is 1.74. The fourth-order valence-corrected chi connectivity index (χ4v) is 2.90. The molecule has 0 saturated carbocycles. The molecule has 25 heavy (non-hydrogen) atoms. The minimum absolute atomic E-state index is 0.158. The summed E-state index contributed by atoms with van der Waals surface area (Å²) in [6.07, 6.45) is 3.05. The molecule has 0 unspecified atom stereocenters. The zero-order valence-corrected chi connectivity index (χ0v) is 15.5. The first-order valence-electron chi connectivity index (χ1n) is 7.73. The van der Waals surface area contributed by atoms with Crippen LogP contribution in [0.3, 0.4) is 0 Å². The van der Waals surface area contributed by atoms with Gasteiger partial charge in [0.15, 0.2) is 0 Å². The van der Waals surface area contributed by atoms with E-state index in [1.54, 1.807) is 11.9 Å². The number of halogens is 1. The van der Waals surface area contributed by atoms with Crippen molar-refractivity contribution in [2.24, 2.45) is 0 Å². The molecular formula is C19H17BrN4O. The van der Waals surface area contributed by atoms with E-state index in [-0.39, 0.29) is 5.91 Å². The van der Waals surface area contributed by atoms with Gasteiger partial charge in [0, 0.05) is 29.6 Å². The zero-order chi connectivity index (χ0) is 17.8. The number of hydrogen-bond donors (Lipinski definition) is 1. The van der Waals surface area contributed by atoms with E-state index in [4.69, 9.17) is 0 Å². The van der Waals surface area contributed by atoms with Crippen molar-refractivity contribution >= 4 is 39.2 Å². The lowest BCUT2D eigenvalue weighted by atomic mass is 10.2. The average molecular weight is 397 g/mol. The molecule has 0 aliphatic carbocycles. The van der Waals surface area contributed by atoms with Crippen molar-refractivity contribution in [1.29, 1.82) is 0 Å². The van der Waals surface area contributed by atoms with Crippen LogP contribution >= 0.6 is 15.9 Å². The van der Waals surface area contributed by atoms with Gasteiger partial charge in [-0.3, -0.25) is 4.79 Å². The van der Waals surface area contributed by atoms with Gasteiger partial charge in [-0.05, 0) is 52.7 Å². The van der Waals surface area contributed by atoms with Crippen molar-refractivity contribution in [3.05, 3.63) is 76.5 Å². The second-order valence-corrected chi connectivity index (χ2v) is 6.46. The number of aryl methyl sites for hydroxylation is 1. The molecule has 0 aliphatic rings. The van der Waals surface area contributed by atoms with Crippen LogP contribution in [-0.4, -0.2) is 22.9 Å². The Kier molecular flexibility index (Phi) is 5.09. The molecule has 3 rings (SSSR count). The summed E-state index contributed by atoms with van der Waals surface area (Å²) in [7, 11) is 1.73. The number of anilines is 3. The molecule has 0 atom stereocenters. The number of carbonyl (C=O) groups excluding carboxylic acids is 1. The largest absolute Gasteiger partial charge is 0.323 e. The number of nitrogens with one attached hydrogen (secondary N) is 1. The lowest BCUT2D eigenvalue weighted by Gasteiger charge is -2.17. The van der Waals surface area contributed by atoms with Gasteiger partial charge < -0.3 is 10.2 Å². The highest BCUT2D eigenvalue weighted by molar-refractivity contribution is 9.10. The number of aromatic nitrogens is 2. The molecule has 0 saturated heterocycles. The summed E-state index contributed by atoms with van der Waals surface area (Å²) in [5.41, 5.74) is 3.27. The van der Waals surface area contributed by atoms with Crippen LogP contribution in [0.25, 0.3) is 0 Å². The second-order valence-electron chi connectivity index (χ2n) is 5.60. The molecule has 126 valence electrons. The highest BCUT2D eigenvalue weighted by atomic mass is 79.9. The number of hydrogen-bond acceptors (Lipinski definition) is 4. The van der Waals surface area contributed by atoms with Gasteiger partial charge in [-0.2, -0.15) is 0 Å². The third-order valence-electron chi connectivity index (χ3n) is 3.72. The van der Waals surface area contributed by atoms with E-state index >= 15 is 0 Å². The number of rotatable bonds is 4. The SMILES string of the molecule is Cc1ccc(Nc2ncc(C(=O)N(C)c3ccccc3)cn2)c(Br)c1. The maximum absolute atomic E-state index is 12.5. The molecule has 1 aromatic heterocycles. The fourth-order valence-electron chi connectivity index (χ4n) is 2.31. The third kappa shape index (κ3) is 4.03. The van der Waals surface area contributed by atoms with E-state index in [0.29, 0.717) is 11.5 Å². The molecular weight excluding hydrogens is 380 g/mol. The lowest BCUT2D eigenvalue weighted by Crippen LogP contribution is -2.26. The summed E-state index contributed by atoms with van der Waals surface area (Å²) >= 11 is 3.51. The molecule has 3 aromatic rings. The number of nitrogens with zero attached hydrogens (tertiary/aromatic N) is 3. The van der Waals surface area contributed by atoms with Crippen LogP contribution in [0.5, 0.6) is 0 Å². The van der Waals surface area contributed by atoms with Gasteiger partial charge in [0.05, 0.1) is 11.3 Å². The molecule has 0 aliphatic heterocycles. The van der Waals surface area contributed by atoms with Crippen LogP contribution in [-0.2, 0) is 0 Å². The molecule has 0 spiro atoms. The van der Waals surface area contributed by atoms with Crippen molar-refractivity contribution in [3.63, 3.8) is 0 Å². The average Bonchev–Trinajstić information content (AvgIpc) is 2.64. The summed E-state index contributed by atoms with van der Waals surface area (Å²) in [5, 5.41) is 3.13. The normalized spacial score (nSPS) is 10.4. The van der Waals surface area contributed by atoms with Gasteiger partial charge in [-0.25, -0.2) is 9.97 Å². The van der Waals surface area contributed by atoms with Crippen molar-refractivity contribution in [2.75, 3.05) is 17.3 Å². The minimum Gasteiger partial charge on any atom is -0.323 e. The van der Waals surface area contributed by atoms with Crippen molar-refractivity contribution < 1.29 is 4.79 Å². The van der Waals surface area contributed by atoms with Crippen molar-refractivity contribution in [2.45, 2.75) is 6.92 Å². The Morgan fingerprint density at radius 1 is 1.08 bits per heavy atom. The van der Waals surface area contributed by atoms with E-state index in [1.807, 2.05) is 55.5 Å². The molecule has 2 aromatic carbocycles. The lowest BCUT2D eigenvalue weighted by molar-refractivity contribution is 0.0992.